The van der Waals surface area contributed by atoms with E-state index in [1.807, 2.05) is 48.5 Å². The molecule has 0 unspecified atom stereocenters. The van der Waals surface area contributed by atoms with E-state index in [0.29, 0.717) is 0 Å². The van der Waals surface area contributed by atoms with Gasteiger partial charge in [0, 0.05) is 17.7 Å². The Morgan fingerprint density at radius 2 is 1.38 bits per heavy atom. The van der Waals surface area contributed by atoms with Gasteiger partial charge in [-0.25, -0.2) is 4.98 Å². The molecule has 0 aliphatic heterocycles. The van der Waals surface area contributed by atoms with Crippen molar-refractivity contribution in [3.05, 3.63) is 137 Å². The number of alkyl halides is 1. The Balaban J connectivity index is 0.000000215. The molecule has 13 heteroatoms. The minimum atomic E-state index is -0.818. The number of nitro groups is 2. The molecule has 2 aromatic carbocycles. The minimum Gasteiger partial charge on any atom is -0.468 e. The second-order valence-electron chi connectivity index (χ2n) is 6.86. The van der Waals surface area contributed by atoms with Gasteiger partial charge in [-0.1, -0.05) is 99.8 Å². The standard InChI is InChI=1S/C12H9ClN2O3.C7H7Br.C5H3ClN2O3/c13-10-6-7-14-12(11(10)15(16)17)18-8-9-4-2-1-3-5-9;8-6-7-4-2-1-3-5-7;6-3-1-2-7-5(9)4(3)8(10)11/h1-7H,8H2;1-5H,6H2;1-2H,(H,7,9). The van der Waals surface area contributed by atoms with Crippen molar-refractivity contribution in [1.82, 2.24) is 9.97 Å². The number of benzene rings is 2. The molecule has 0 saturated carbocycles. The molecule has 4 aromatic rings. The van der Waals surface area contributed by atoms with Crippen LogP contribution in [0.3, 0.4) is 0 Å². The Hall–Kier alpha value is -3.80. The van der Waals surface area contributed by atoms with Crippen LogP contribution in [0.4, 0.5) is 11.4 Å². The molecule has 0 radical (unpaired) electrons. The predicted molar refractivity (Wildman–Crippen MR) is 144 cm³/mol. The van der Waals surface area contributed by atoms with Gasteiger partial charge in [0.1, 0.15) is 16.7 Å². The molecule has 0 bridgehead atoms. The molecule has 0 amide bonds. The fourth-order valence-electron chi connectivity index (χ4n) is 2.59. The minimum absolute atomic E-state index is 0.0121. The average Bonchev–Trinajstić information content (AvgIpc) is 2.89. The van der Waals surface area contributed by atoms with E-state index in [2.05, 4.69) is 38.0 Å². The van der Waals surface area contributed by atoms with E-state index in [1.54, 1.807) is 0 Å². The van der Waals surface area contributed by atoms with Crippen LogP contribution in [0.2, 0.25) is 10.0 Å². The molecule has 37 heavy (non-hydrogen) atoms. The maximum Gasteiger partial charge on any atom is 0.352 e. The summed E-state index contributed by atoms with van der Waals surface area (Å²) in [6.07, 6.45) is 2.62. The van der Waals surface area contributed by atoms with Crippen molar-refractivity contribution in [1.29, 1.82) is 0 Å². The first kappa shape index (κ1) is 29.4. The number of halogens is 3. The first-order valence-electron chi connectivity index (χ1n) is 10.3. The van der Waals surface area contributed by atoms with Gasteiger partial charge >= 0.3 is 16.9 Å². The van der Waals surface area contributed by atoms with Gasteiger partial charge in [0.2, 0.25) is 0 Å². The number of ether oxygens (including phenoxy) is 1. The SMILES string of the molecule is BrCc1ccccc1.O=[N+]([O-])c1c(Cl)ccnc1OCc1ccccc1.O=c1[nH]ccc(Cl)c1[N+](=O)[O-]. The molecule has 0 atom stereocenters. The summed E-state index contributed by atoms with van der Waals surface area (Å²) in [5.41, 5.74) is 0.507. The average molecular weight is 610 g/mol. The largest absolute Gasteiger partial charge is 0.468 e. The highest BCUT2D eigenvalue weighted by Gasteiger charge is 2.21. The Labute approximate surface area is 229 Å². The molecule has 0 spiro atoms. The van der Waals surface area contributed by atoms with Crippen molar-refractivity contribution in [3.8, 4) is 5.88 Å². The number of nitrogens with zero attached hydrogens (tertiary/aromatic N) is 3. The summed E-state index contributed by atoms with van der Waals surface area (Å²) < 4.78 is 5.33. The molecule has 4 rings (SSSR count). The second kappa shape index (κ2) is 15.3. The van der Waals surface area contributed by atoms with Crippen molar-refractivity contribution < 1.29 is 14.6 Å². The van der Waals surface area contributed by atoms with Crippen LogP contribution in [0.5, 0.6) is 5.88 Å². The molecule has 2 heterocycles. The van der Waals surface area contributed by atoms with Gasteiger partial charge in [-0.2, -0.15) is 0 Å². The lowest BCUT2D eigenvalue weighted by atomic mass is 10.2. The zero-order valence-corrected chi connectivity index (χ0v) is 22.0. The van der Waals surface area contributed by atoms with Crippen LogP contribution in [0.1, 0.15) is 11.1 Å². The normalized spacial score (nSPS) is 9.70. The molecular formula is C24H19BrCl2N4O6. The molecule has 0 aliphatic rings. The number of H-pyrrole nitrogens is 1. The van der Waals surface area contributed by atoms with E-state index < -0.39 is 21.1 Å². The van der Waals surface area contributed by atoms with Gasteiger partial charge in [0.15, 0.2) is 0 Å². The van der Waals surface area contributed by atoms with E-state index in [9.17, 15) is 25.0 Å². The smallest absolute Gasteiger partial charge is 0.352 e. The third-order valence-corrected chi connectivity index (χ3v) is 5.56. The van der Waals surface area contributed by atoms with Crippen LogP contribution in [-0.2, 0) is 11.9 Å². The summed E-state index contributed by atoms with van der Waals surface area (Å²) in [5.74, 6) is -0.0728. The lowest BCUT2D eigenvalue weighted by Gasteiger charge is -2.06. The lowest BCUT2D eigenvalue weighted by Crippen LogP contribution is -2.10. The molecule has 0 aliphatic carbocycles. The first-order chi connectivity index (χ1) is 17.7. The molecule has 1 N–H and O–H groups in total. The highest BCUT2D eigenvalue weighted by molar-refractivity contribution is 9.08. The Morgan fingerprint density at radius 1 is 0.838 bits per heavy atom. The van der Waals surface area contributed by atoms with Crippen LogP contribution < -0.4 is 10.3 Å². The van der Waals surface area contributed by atoms with Crippen LogP contribution in [0.25, 0.3) is 0 Å². The quantitative estimate of drug-likeness (QED) is 0.145. The van der Waals surface area contributed by atoms with Gasteiger partial charge in [-0.3, -0.25) is 25.0 Å². The number of pyridine rings is 2. The Bertz CT molecular complexity index is 1370. The predicted octanol–water partition coefficient (Wildman–Crippen LogP) is 6.74. The van der Waals surface area contributed by atoms with Crippen LogP contribution in [0, 0.1) is 20.2 Å². The zero-order chi connectivity index (χ0) is 27.2. The molecule has 0 saturated heterocycles. The highest BCUT2D eigenvalue weighted by Crippen LogP contribution is 2.32. The summed E-state index contributed by atoms with van der Waals surface area (Å²) in [6.45, 7) is 0.203. The van der Waals surface area contributed by atoms with Crippen molar-refractivity contribution in [2.45, 2.75) is 11.9 Å². The topological polar surface area (TPSA) is 141 Å². The van der Waals surface area contributed by atoms with E-state index in [4.69, 9.17) is 27.9 Å². The highest BCUT2D eigenvalue weighted by atomic mass is 79.9. The van der Waals surface area contributed by atoms with Crippen molar-refractivity contribution in [3.63, 3.8) is 0 Å². The van der Waals surface area contributed by atoms with Crippen LogP contribution >= 0.6 is 39.1 Å². The fourth-order valence-corrected chi connectivity index (χ4v) is 3.39. The summed E-state index contributed by atoms with van der Waals surface area (Å²) in [7, 11) is 0. The van der Waals surface area contributed by atoms with Crippen LogP contribution in [0.15, 0.2) is 90.0 Å². The molecule has 2 aromatic heterocycles. The lowest BCUT2D eigenvalue weighted by molar-refractivity contribution is -0.386. The number of aromatic amines is 1. The summed E-state index contributed by atoms with van der Waals surface area (Å²) >= 11 is 14.5. The molecule has 10 nitrogen and oxygen atoms in total. The van der Waals surface area contributed by atoms with Crippen molar-refractivity contribution >= 4 is 50.5 Å². The summed E-state index contributed by atoms with van der Waals surface area (Å²) in [5, 5.41) is 21.8. The van der Waals surface area contributed by atoms with Gasteiger partial charge in [0.05, 0.1) is 9.85 Å². The molecule has 0 fully saturated rings. The maximum absolute atomic E-state index is 10.9. The second-order valence-corrected chi connectivity index (χ2v) is 8.23. The van der Waals surface area contributed by atoms with E-state index in [-0.39, 0.29) is 28.2 Å². The third kappa shape index (κ3) is 9.64. The van der Waals surface area contributed by atoms with Crippen LogP contribution in [-0.4, -0.2) is 19.8 Å². The maximum atomic E-state index is 10.9. The van der Waals surface area contributed by atoms with Crippen molar-refractivity contribution in [2.75, 3.05) is 0 Å². The summed E-state index contributed by atoms with van der Waals surface area (Å²) in [4.78, 5) is 36.2. The fraction of sp³-hybridized carbons (Fsp3) is 0.0833. The van der Waals surface area contributed by atoms with Gasteiger partial charge < -0.3 is 9.72 Å². The van der Waals surface area contributed by atoms with Gasteiger partial charge in [0.25, 0.3) is 5.88 Å². The number of aromatic nitrogens is 2. The molecule has 192 valence electrons. The number of rotatable bonds is 6. The number of nitrogens with one attached hydrogen (secondary N) is 1. The number of hydrogen-bond acceptors (Lipinski definition) is 7. The first-order valence-corrected chi connectivity index (χ1v) is 12.2. The van der Waals surface area contributed by atoms with Crippen molar-refractivity contribution in [2.24, 2.45) is 0 Å². The zero-order valence-electron chi connectivity index (χ0n) is 18.9. The van der Waals surface area contributed by atoms with Gasteiger partial charge in [-0.15, -0.1) is 0 Å². The van der Waals surface area contributed by atoms with E-state index in [1.165, 1.54) is 30.1 Å². The Kier molecular flexibility index (Phi) is 12.2. The molecular weight excluding hydrogens is 591 g/mol. The van der Waals surface area contributed by atoms with E-state index >= 15 is 0 Å². The van der Waals surface area contributed by atoms with E-state index in [0.717, 1.165) is 10.9 Å². The Morgan fingerprint density at radius 3 is 1.84 bits per heavy atom. The monoisotopic (exact) mass is 608 g/mol. The van der Waals surface area contributed by atoms with Gasteiger partial charge in [-0.05, 0) is 23.3 Å². The number of hydrogen-bond donors (Lipinski definition) is 1. The summed E-state index contributed by atoms with van der Waals surface area (Å²) in [6, 6.07) is 22.2. The third-order valence-electron chi connectivity index (χ3n) is 4.31.